The van der Waals surface area contributed by atoms with Gasteiger partial charge < -0.3 is 58.3 Å². The maximum Gasteiger partial charge on any atom is 0.368 e. The van der Waals surface area contributed by atoms with Crippen molar-refractivity contribution in [2.75, 3.05) is 0 Å². The van der Waals surface area contributed by atoms with E-state index in [1.165, 1.54) is 124 Å². The van der Waals surface area contributed by atoms with Crippen LogP contribution in [0.3, 0.4) is 0 Å². The number of benzene rings is 6. The molecule has 18 aromatic rings. The van der Waals surface area contributed by atoms with Gasteiger partial charge in [0.1, 0.15) is 31.2 Å². The number of rotatable bonds is 28. The fourth-order valence-corrected chi connectivity index (χ4v) is 16.0. The van der Waals surface area contributed by atoms with Gasteiger partial charge in [-0.25, -0.2) is 96.8 Å². The first-order chi connectivity index (χ1) is 63.5. The van der Waals surface area contributed by atoms with Crippen LogP contribution in [0.2, 0.25) is 0 Å². The molecule has 0 saturated carbocycles. The van der Waals surface area contributed by atoms with E-state index < -0.39 is 0 Å². The molecule has 56 heteroatoms. The minimum absolute atomic E-state index is 0. The van der Waals surface area contributed by atoms with Crippen LogP contribution in [-0.2, 0) is 291 Å². The van der Waals surface area contributed by atoms with Crippen LogP contribution in [-0.4, -0.2) is 149 Å². The van der Waals surface area contributed by atoms with E-state index in [2.05, 4.69) is 196 Å². The number of aromatic nitrogens is 30. The van der Waals surface area contributed by atoms with Gasteiger partial charge >= 0.3 is 34.1 Å². The largest absolute Gasteiger partial charge is 0.550 e. The van der Waals surface area contributed by atoms with Gasteiger partial charge in [0.2, 0.25) is 0 Å². The number of halogens is 2. The van der Waals surface area contributed by atoms with Gasteiger partial charge in [0.25, 0.3) is 0 Å². The second kappa shape index (κ2) is 57.9. The molecule has 0 unspecified atom stereocenters. The van der Waals surface area contributed by atoms with Crippen LogP contribution in [0.4, 0.5) is 0 Å². The molecule has 0 saturated heterocycles. The Morgan fingerprint density at radius 1 is 0.328 bits per heavy atom. The van der Waals surface area contributed by atoms with Crippen LogP contribution >= 0.6 is 107 Å². The standard InChI is InChI=1S/2C15H16N5O2S.C14H14N5O2S.C13H12N5O2S.C12H9BrN5O2S.C12H9IN5O2S.6Y/c1-10(2)11-5-4-6-13(20-15(21)19(3)17-18-20)12(11)9-22-14-16-7-8-23-14;1-3-5-11-6-4-7-13(20-15(21)19(2)17-18-20)12(11)10-22-14-16-8-9-23-14;1-3-10-5-4-6-12(19-14(20)18(2)16-17-19)11(10)9-21-13-15-7-8-22-13;1-9-4-3-5-11(18-13(19)17(2)15-16-18)10(9)8-20-12-14-6-7-21-12;2*1-17-12(19)18(16-15-17)10-4-2-3-9(13)8(10)7-20-11-14-5-6-21-11;;;;;;/h4-6,8,10H,9H2,1-3H3;4,6-7,9H,3,5,10H2,1-2H3;4-6,8H,3,9H2,1-2H3;3-5,7H,8H2,1-2H3;2*2-4,6H,7H2,1H3;;;;;;/q6*-1;;;;;;. The molecule has 696 valence electrons. The van der Waals surface area contributed by atoms with Crippen LogP contribution in [0.15, 0.2) is 175 Å². The number of hydrogen-bond acceptors (Lipinski definition) is 36. The van der Waals surface area contributed by atoms with Crippen molar-refractivity contribution in [3.05, 3.63) is 305 Å². The van der Waals surface area contributed by atoms with Gasteiger partial charge in [0, 0.05) is 280 Å². The Hall–Kier alpha value is -7.05. The third-order valence-corrected chi connectivity index (χ3v) is 24.3. The molecule has 137 heavy (non-hydrogen) atoms. The second-order valence-corrected chi connectivity index (χ2v) is 34.4. The van der Waals surface area contributed by atoms with Gasteiger partial charge in [0.05, 0.1) is 73.8 Å². The third-order valence-electron chi connectivity index (χ3n) is 18.7. The number of hydrogen-bond donors (Lipinski definition) is 0. The molecular weight excluding hydrogens is 2520 g/mol. The van der Waals surface area contributed by atoms with Gasteiger partial charge in [-0.05, 0) is 182 Å². The van der Waals surface area contributed by atoms with Crippen molar-refractivity contribution in [3.63, 3.8) is 0 Å². The molecule has 6 aromatic carbocycles. The first-order valence-electron chi connectivity index (χ1n) is 39.1. The maximum atomic E-state index is 12.2. The van der Waals surface area contributed by atoms with E-state index in [0.717, 1.165) is 82.9 Å². The van der Waals surface area contributed by atoms with Crippen molar-refractivity contribution in [1.29, 1.82) is 0 Å². The number of tetrazole rings is 6. The molecule has 0 aliphatic heterocycles. The van der Waals surface area contributed by atoms with Crippen molar-refractivity contribution < 1.29 is 225 Å². The van der Waals surface area contributed by atoms with Crippen molar-refractivity contribution in [2.24, 2.45) is 42.3 Å². The molecule has 18 rings (SSSR count). The van der Waals surface area contributed by atoms with E-state index in [9.17, 15) is 28.8 Å². The van der Waals surface area contributed by atoms with Gasteiger partial charge in [-0.2, -0.15) is 56.2 Å². The maximum absolute atomic E-state index is 12.2. The Balaban J connectivity index is 0.000000222. The predicted octanol–water partition coefficient (Wildman–Crippen LogP) is 9.11. The molecule has 42 nitrogen and oxygen atoms in total. The normalized spacial score (nSPS) is 10.4. The summed E-state index contributed by atoms with van der Waals surface area (Å²) in [6, 6.07) is 34.1. The molecule has 12 heterocycles. The van der Waals surface area contributed by atoms with Crippen molar-refractivity contribution in [2.45, 2.75) is 99.4 Å². The Morgan fingerprint density at radius 3 is 0.891 bits per heavy atom. The van der Waals surface area contributed by atoms with Gasteiger partial charge in [-0.3, -0.25) is 0 Å². The summed E-state index contributed by atoms with van der Waals surface area (Å²) < 4.78 is 50.6. The zero-order valence-corrected chi connectivity index (χ0v) is 100. The molecule has 0 fully saturated rings. The monoisotopic (exact) mass is 2590 g/mol. The summed E-state index contributed by atoms with van der Waals surface area (Å²) in [7, 11) is 9.37. The van der Waals surface area contributed by atoms with Crippen LogP contribution in [0, 0.1) is 47.7 Å². The number of aryl methyl sites for hydroxylation is 9. The van der Waals surface area contributed by atoms with E-state index in [0.29, 0.717) is 98.3 Å². The van der Waals surface area contributed by atoms with Gasteiger partial charge in [-0.15, -0.1) is 37.2 Å². The average molecular weight is 2590 g/mol. The van der Waals surface area contributed by atoms with Crippen LogP contribution in [0.25, 0.3) is 34.1 Å². The Kier molecular flexibility index (Phi) is 49.4. The predicted molar refractivity (Wildman–Crippen MR) is 494 cm³/mol. The first kappa shape index (κ1) is 117. The fourth-order valence-electron chi connectivity index (χ4n) is 12.2. The zero-order chi connectivity index (χ0) is 92.6. The van der Waals surface area contributed by atoms with Crippen molar-refractivity contribution >= 4 is 107 Å². The molecule has 0 amide bonds. The summed E-state index contributed by atoms with van der Waals surface area (Å²) in [5.74, 6) is 0.281. The molecular formula is C81H76BrIN30O12S6Y6-6. The summed E-state index contributed by atoms with van der Waals surface area (Å²) in [6.45, 7) is 12.1. The minimum Gasteiger partial charge on any atom is -0.550 e. The SMILES string of the molecule is CC(C)c1cccc(-n2nnn(C)c2=O)c1COc1n[c-]cs1.CCCc1cccc(-n2nnn(C)c2=O)c1COc1n[c-]cs1.CCc1cccc(-n2nnn(C)c2=O)c1COc1n[c-]cs1.Cc1cccc(-n2nnn(C)c2=O)c1COc1n[c-]cs1.Cn1nnn(-c2cccc(Br)c2COc2n[c-]cs2)c1=O.Cn1nnn(-c2cccc(I)c2COc2n[c-]cs2)c1=O.[Y].[Y].[Y].[Y].[Y].[Y]. The fraction of sp³-hybridized carbons (Fsp3) is 0.259. The molecule has 0 aliphatic carbocycles. The number of thiazole rings is 6. The van der Waals surface area contributed by atoms with Gasteiger partial charge in [-0.1, -0.05) is 143 Å². The second-order valence-electron chi connectivity index (χ2n) is 27.4. The molecule has 0 spiro atoms. The molecule has 0 N–H and O–H groups in total. The van der Waals surface area contributed by atoms with Crippen LogP contribution < -0.4 is 62.6 Å². The molecule has 12 aromatic heterocycles. The Bertz CT molecular complexity index is 6820. The summed E-state index contributed by atoms with van der Waals surface area (Å²) in [6.07, 6.45) is 19.0. The van der Waals surface area contributed by atoms with E-state index in [-0.39, 0.29) is 243 Å². The Labute approximate surface area is 977 Å². The molecule has 0 atom stereocenters. The summed E-state index contributed by atoms with van der Waals surface area (Å²) in [4.78, 5) is 96.3. The smallest absolute Gasteiger partial charge is 0.368 e. The molecule has 0 bridgehead atoms. The Morgan fingerprint density at radius 2 is 0.584 bits per heavy atom. The molecule has 6 radical (unpaired) electrons. The minimum atomic E-state index is -0.322. The first-order valence-corrected chi connectivity index (χ1v) is 46.2. The number of nitrogens with zero attached hydrogens (tertiary/aromatic N) is 30. The summed E-state index contributed by atoms with van der Waals surface area (Å²) in [5.41, 5.74) is 11.7. The topological polar surface area (TPSA) is 449 Å². The van der Waals surface area contributed by atoms with E-state index in [1.54, 1.807) is 80.6 Å². The third kappa shape index (κ3) is 30.8. The van der Waals surface area contributed by atoms with Crippen molar-refractivity contribution in [3.8, 4) is 65.3 Å². The van der Waals surface area contributed by atoms with E-state index in [4.69, 9.17) is 28.4 Å². The quantitative estimate of drug-likeness (QED) is 0.0325. The van der Waals surface area contributed by atoms with E-state index in [1.807, 2.05) is 110 Å². The van der Waals surface area contributed by atoms with Gasteiger partial charge in [0.15, 0.2) is 0 Å². The average Bonchev–Trinajstić information content (AvgIpc) is 1.68. The summed E-state index contributed by atoms with van der Waals surface area (Å²) >= 11 is 13.9. The van der Waals surface area contributed by atoms with Crippen molar-refractivity contribution in [1.82, 2.24) is 149 Å². The van der Waals surface area contributed by atoms with E-state index >= 15 is 0 Å². The zero-order valence-electron chi connectivity index (χ0n) is 74.8. The number of ether oxygens (including phenoxy) is 6. The summed E-state index contributed by atoms with van der Waals surface area (Å²) in [5, 5.41) is 59.5. The van der Waals surface area contributed by atoms with Crippen LogP contribution in [0.5, 0.6) is 31.2 Å². The van der Waals surface area contributed by atoms with Crippen LogP contribution in [0.1, 0.15) is 95.7 Å². The molecule has 0 aliphatic rings.